The third-order valence-electron chi connectivity index (χ3n) is 1.65. The number of hydrogen-bond acceptors (Lipinski definition) is 1. The van der Waals surface area contributed by atoms with Gasteiger partial charge >= 0.3 is 54.7 Å². The van der Waals surface area contributed by atoms with E-state index in [0.717, 1.165) is 0 Å². The van der Waals surface area contributed by atoms with E-state index in [1.165, 1.54) is 0 Å². The van der Waals surface area contributed by atoms with E-state index in [2.05, 4.69) is 0 Å². The van der Waals surface area contributed by atoms with Crippen molar-refractivity contribution in [3.63, 3.8) is 0 Å². The van der Waals surface area contributed by atoms with Gasteiger partial charge in [-0.2, -0.15) is 87.8 Å². The van der Waals surface area contributed by atoms with Gasteiger partial charge in [-0.3, -0.25) is 0 Å². The van der Waals surface area contributed by atoms with Crippen molar-refractivity contribution in [3.8, 4) is 0 Å². The summed E-state index contributed by atoms with van der Waals surface area (Å²) >= 11 is 0. The molecule has 0 saturated carbocycles. The van der Waals surface area contributed by atoms with Crippen LogP contribution in [0, 0.1) is 0 Å². The molecule has 0 aromatic carbocycles. The first-order chi connectivity index (χ1) is 13.3. The van der Waals surface area contributed by atoms with Crippen LogP contribution in [0.4, 0.5) is 87.8 Å². The maximum Gasteiger partial charge on any atom is 0.476 e. The van der Waals surface area contributed by atoms with Crippen LogP contribution in [0.25, 0.3) is 0 Å². The lowest BCUT2D eigenvalue weighted by Crippen LogP contribution is -2.53. The monoisotopic (exact) mass is 516 g/mol. The number of rotatable bonds is 3. The Kier molecular flexibility index (Phi) is 12.7. The molecule has 31 heavy (non-hydrogen) atoms. The van der Waals surface area contributed by atoms with Gasteiger partial charge in [0, 0.05) is 0 Å². The van der Waals surface area contributed by atoms with E-state index < -0.39 is 60.5 Å². The SMILES string of the molecule is FC(F)=C(F)C(F)(F)F.FC(F)=C(F)F.FC(F)=C(F)OC(F)(F)C(F)(F)C(F)(F)F. The molecule has 0 aromatic rings. The molecule has 0 aliphatic heterocycles. The molecule has 0 unspecified atom stereocenters. The summed E-state index contributed by atoms with van der Waals surface area (Å²) in [6.07, 6.45) is -31.6. The molecule has 0 atom stereocenters. The summed E-state index contributed by atoms with van der Waals surface area (Å²) in [5, 5.41) is 0. The molecule has 0 heterocycles. The minimum atomic E-state index is -6.81. The van der Waals surface area contributed by atoms with E-state index in [4.69, 9.17) is 0 Å². The van der Waals surface area contributed by atoms with E-state index in [9.17, 15) is 87.8 Å². The van der Waals surface area contributed by atoms with E-state index in [1.807, 2.05) is 4.74 Å². The second kappa shape index (κ2) is 11.9. The largest absolute Gasteiger partial charge is 0.476 e. The van der Waals surface area contributed by atoms with Crippen LogP contribution >= 0.6 is 0 Å². The quantitative estimate of drug-likeness (QED) is 0.270. The lowest BCUT2D eigenvalue weighted by Gasteiger charge is -2.26. The van der Waals surface area contributed by atoms with E-state index in [-0.39, 0.29) is 0 Å². The van der Waals surface area contributed by atoms with Crippen molar-refractivity contribution in [2.45, 2.75) is 24.4 Å². The van der Waals surface area contributed by atoms with Gasteiger partial charge in [-0.25, -0.2) is 0 Å². The van der Waals surface area contributed by atoms with Gasteiger partial charge in [0.05, 0.1) is 0 Å². The fraction of sp³-hybridized carbons (Fsp3) is 0.400. The van der Waals surface area contributed by atoms with Crippen molar-refractivity contribution in [3.05, 3.63) is 36.2 Å². The van der Waals surface area contributed by atoms with E-state index >= 15 is 0 Å². The number of allylic oxidation sites excluding steroid dienone is 1. The molecule has 0 bridgehead atoms. The zero-order valence-corrected chi connectivity index (χ0v) is 13.0. The van der Waals surface area contributed by atoms with Crippen molar-refractivity contribution in [1.29, 1.82) is 0 Å². The van der Waals surface area contributed by atoms with Crippen LogP contribution in [0.2, 0.25) is 0 Å². The summed E-state index contributed by atoms with van der Waals surface area (Å²) in [7, 11) is 0. The first-order valence-electron chi connectivity index (χ1n) is 5.69. The fourth-order valence-electron chi connectivity index (χ4n) is 0.487. The highest BCUT2D eigenvalue weighted by Gasteiger charge is 2.76. The third-order valence-corrected chi connectivity index (χ3v) is 1.65. The number of halogens is 20. The van der Waals surface area contributed by atoms with Gasteiger partial charge in [0.15, 0.2) is 0 Å². The second-order valence-electron chi connectivity index (χ2n) is 3.82. The van der Waals surface area contributed by atoms with Crippen molar-refractivity contribution in [1.82, 2.24) is 0 Å². The summed E-state index contributed by atoms with van der Waals surface area (Å²) in [5.74, 6) is -10.1. The Bertz CT molecular complexity index is 636. The van der Waals surface area contributed by atoms with Gasteiger partial charge in [0.1, 0.15) is 0 Å². The van der Waals surface area contributed by atoms with Gasteiger partial charge in [-0.05, 0) is 0 Å². The van der Waals surface area contributed by atoms with Gasteiger partial charge in [-0.1, -0.05) is 0 Å². The van der Waals surface area contributed by atoms with Crippen LogP contribution in [0.3, 0.4) is 0 Å². The molecule has 0 radical (unpaired) electrons. The fourth-order valence-corrected chi connectivity index (χ4v) is 0.487. The molecule has 0 aliphatic rings. The van der Waals surface area contributed by atoms with Crippen LogP contribution < -0.4 is 0 Å². The van der Waals surface area contributed by atoms with Gasteiger partial charge in [0.2, 0.25) is 0 Å². The summed E-state index contributed by atoms with van der Waals surface area (Å²) < 4.78 is 224. The Balaban J connectivity index is -0.000000438. The van der Waals surface area contributed by atoms with Crippen LogP contribution in [0.1, 0.15) is 0 Å². The maximum absolute atomic E-state index is 12.0. The van der Waals surface area contributed by atoms with Gasteiger partial charge < -0.3 is 4.74 Å². The highest BCUT2D eigenvalue weighted by Crippen LogP contribution is 2.48. The maximum atomic E-state index is 12.0. The number of ether oxygens (including phenoxy) is 1. The molecule has 186 valence electrons. The Labute approximate surface area is 154 Å². The summed E-state index contributed by atoms with van der Waals surface area (Å²) in [6.45, 7) is 0. The third kappa shape index (κ3) is 12.2. The van der Waals surface area contributed by atoms with Crippen molar-refractivity contribution in [2.24, 2.45) is 0 Å². The zero-order chi connectivity index (χ0) is 26.2. The minimum Gasteiger partial charge on any atom is -0.397 e. The Morgan fingerprint density at radius 1 is 0.452 bits per heavy atom. The molecule has 0 aliphatic carbocycles. The molecule has 0 saturated heterocycles. The molecule has 0 fully saturated rings. The summed E-state index contributed by atoms with van der Waals surface area (Å²) in [4.78, 5) is 0. The number of alkyl halides is 10. The number of hydrogen-bond donors (Lipinski definition) is 0. The van der Waals surface area contributed by atoms with Gasteiger partial charge in [0.25, 0.3) is 5.83 Å². The molecule has 0 spiro atoms. The standard InChI is InChI=1S/C5F10O.C3F6.C2F4/c6-1(7)2(8)16-5(14,15)3(9,10)4(11,12)13;4-1(2(5)6)3(7,8)9;3-1(4)2(5)6. The predicted molar refractivity (Wildman–Crippen MR) is 55.2 cm³/mol. The van der Waals surface area contributed by atoms with Crippen LogP contribution in [0.15, 0.2) is 36.2 Å². The molecule has 21 heteroatoms. The van der Waals surface area contributed by atoms with Crippen LogP contribution in [0.5, 0.6) is 0 Å². The first kappa shape index (κ1) is 33.3. The Morgan fingerprint density at radius 2 is 0.774 bits per heavy atom. The molecular weight excluding hydrogens is 516 g/mol. The predicted octanol–water partition coefficient (Wildman–Crippen LogP) is 8.45. The van der Waals surface area contributed by atoms with E-state index in [0.29, 0.717) is 0 Å². The normalized spacial score (nSPS) is 11.9. The van der Waals surface area contributed by atoms with Crippen molar-refractivity contribution >= 4 is 0 Å². The minimum absolute atomic E-state index is 1.95. The Morgan fingerprint density at radius 3 is 0.903 bits per heavy atom. The molecular formula is C10F20O. The molecule has 0 aromatic heterocycles. The highest BCUT2D eigenvalue weighted by molar-refractivity contribution is 4.98. The Hall–Kier alpha value is -2.38. The average molecular weight is 516 g/mol. The van der Waals surface area contributed by atoms with Crippen molar-refractivity contribution < 1.29 is 92.5 Å². The van der Waals surface area contributed by atoms with Crippen molar-refractivity contribution in [2.75, 3.05) is 0 Å². The molecule has 1 nitrogen and oxygen atoms in total. The van der Waals surface area contributed by atoms with E-state index in [1.54, 1.807) is 0 Å². The molecule has 0 rings (SSSR count). The topological polar surface area (TPSA) is 9.23 Å². The smallest absolute Gasteiger partial charge is 0.397 e. The summed E-state index contributed by atoms with van der Waals surface area (Å²) in [5.41, 5.74) is 0. The first-order valence-corrected chi connectivity index (χ1v) is 5.69. The lowest BCUT2D eigenvalue weighted by atomic mass is 10.3. The zero-order valence-electron chi connectivity index (χ0n) is 13.0. The lowest BCUT2D eigenvalue weighted by molar-refractivity contribution is -0.419. The van der Waals surface area contributed by atoms with Gasteiger partial charge in [-0.15, -0.1) is 0 Å². The second-order valence-corrected chi connectivity index (χ2v) is 3.82. The van der Waals surface area contributed by atoms with Crippen LogP contribution in [-0.4, -0.2) is 24.4 Å². The van der Waals surface area contributed by atoms with Crippen LogP contribution in [-0.2, 0) is 4.74 Å². The molecule has 0 N–H and O–H groups in total. The average Bonchev–Trinajstić information content (AvgIpc) is 2.52. The summed E-state index contributed by atoms with van der Waals surface area (Å²) in [6, 6.07) is -3.52. The molecule has 0 amide bonds. The highest BCUT2D eigenvalue weighted by atomic mass is 19.4.